The van der Waals surface area contributed by atoms with Crippen molar-refractivity contribution in [2.24, 2.45) is 0 Å². The number of morpholine rings is 1. The fraction of sp³-hybridized carbons (Fsp3) is 0.333. The van der Waals surface area contributed by atoms with Crippen molar-refractivity contribution in [3.8, 4) is 0 Å². The second kappa shape index (κ2) is 10.7. The zero-order valence-electron chi connectivity index (χ0n) is 16.8. The number of thioether (sulfide) groups is 1. The molecule has 0 radical (unpaired) electrons. The molecule has 0 bridgehead atoms. The Balaban J connectivity index is 0.00000272. The first-order valence-electron chi connectivity index (χ1n) is 9.57. The van der Waals surface area contributed by atoms with Crippen LogP contribution in [0, 0.1) is 11.6 Å². The van der Waals surface area contributed by atoms with E-state index < -0.39 is 17.5 Å². The summed E-state index contributed by atoms with van der Waals surface area (Å²) in [5.74, 6) is -2.11. The number of hydrogen-bond donors (Lipinski definition) is 0. The minimum atomic E-state index is -0.873. The quantitative estimate of drug-likeness (QED) is 0.474. The van der Waals surface area contributed by atoms with Crippen LogP contribution in [0.2, 0.25) is 0 Å². The van der Waals surface area contributed by atoms with Crippen molar-refractivity contribution in [1.29, 1.82) is 0 Å². The van der Waals surface area contributed by atoms with Crippen LogP contribution in [0.5, 0.6) is 0 Å². The number of carbonyl (C=O) groups excluding carboxylic acids is 1. The molecule has 0 saturated carbocycles. The van der Waals surface area contributed by atoms with Crippen LogP contribution in [-0.2, 0) is 4.74 Å². The third-order valence-corrected chi connectivity index (χ3v) is 6.73. The average molecular weight is 486 g/mol. The van der Waals surface area contributed by atoms with Gasteiger partial charge in [-0.25, -0.2) is 13.8 Å². The largest absolute Gasteiger partial charge is 0.379 e. The molecule has 166 valence electrons. The van der Waals surface area contributed by atoms with Crippen LogP contribution >= 0.6 is 35.5 Å². The molecule has 3 aromatic rings. The van der Waals surface area contributed by atoms with Gasteiger partial charge in [-0.3, -0.25) is 14.6 Å². The number of hydrogen-bond acceptors (Lipinski definition) is 6. The second-order valence-corrected chi connectivity index (χ2v) is 8.75. The molecule has 0 aliphatic carbocycles. The van der Waals surface area contributed by atoms with Crippen LogP contribution < -0.4 is 4.90 Å². The summed E-state index contributed by atoms with van der Waals surface area (Å²) in [5.41, 5.74) is 0.624. The highest BCUT2D eigenvalue weighted by atomic mass is 35.5. The van der Waals surface area contributed by atoms with E-state index in [-0.39, 0.29) is 18.0 Å². The minimum Gasteiger partial charge on any atom is -0.379 e. The van der Waals surface area contributed by atoms with Gasteiger partial charge in [0.05, 0.1) is 29.0 Å². The van der Waals surface area contributed by atoms with Crippen molar-refractivity contribution in [3.63, 3.8) is 0 Å². The van der Waals surface area contributed by atoms with Crippen LogP contribution in [-0.4, -0.2) is 61.4 Å². The fourth-order valence-corrected chi connectivity index (χ4v) is 4.84. The Morgan fingerprint density at radius 3 is 2.71 bits per heavy atom. The molecule has 4 rings (SSSR count). The predicted octanol–water partition coefficient (Wildman–Crippen LogP) is 4.70. The highest BCUT2D eigenvalue weighted by Crippen LogP contribution is 2.32. The number of amides is 1. The Morgan fingerprint density at radius 1 is 1.23 bits per heavy atom. The number of benzene rings is 2. The lowest BCUT2D eigenvalue weighted by atomic mass is 10.2. The summed E-state index contributed by atoms with van der Waals surface area (Å²) in [6.45, 7) is 3.83. The number of halogens is 3. The van der Waals surface area contributed by atoms with Crippen molar-refractivity contribution in [2.75, 3.05) is 50.5 Å². The van der Waals surface area contributed by atoms with Gasteiger partial charge in [-0.1, -0.05) is 11.3 Å². The predicted molar refractivity (Wildman–Crippen MR) is 124 cm³/mol. The van der Waals surface area contributed by atoms with E-state index in [2.05, 4.69) is 9.88 Å². The number of thiazole rings is 1. The van der Waals surface area contributed by atoms with Crippen LogP contribution in [0.3, 0.4) is 0 Å². The van der Waals surface area contributed by atoms with Crippen molar-refractivity contribution < 1.29 is 18.3 Å². The molecule has 2 aromatic carbocycles. The van der Waals surface area contributed by atoms with Crippen LogP contribution in [0.25, 0.3) is 10.2 Å². The van der Waals surface area contributed by atoms with Gasteiger partial charge in [0, 0.05) is 37.1 Å². The SMILES string of the molecule is CSc1ccc2nc(N(CCN3CCOCC3)C(=O)c3ccc(F)cc3F)sc2c1.Cl. The van der Waals surface area contributed by atoms with E-state index in [1.807, 2.05) is 24.5 Å². The third-order valence-electron chi connectivity index (χ3n) is 4.97. The molecule has 1 aromatic heterocycles. The van der Waals surface area contributed by atoms with Crippen molar-refractivity contribution in [2.45, 2.75) is 4.90 Å². The molecule has 31 heavy (non-hydrogen) atoms. The van der Waals surface area contributed by atoms with Gasteiger partial charge in [0.2, 0.25) is 0 Å². The first-order valence-corrected chi connectivity index (χ1v) is 11.6. The van der Waals surface area contributed by atoms with Gasteiger partial charge < -0.3 is 4.74 Å². The topological polar surface area (TPSA) is 45.7 Å². The standard InChI is InChI=1S/C21H21F2N3O2S2.ClH/c1-29-15-3-5-18-19(13-15)30-21(24-18)26(7-6-25-8-10-28-11-9-25)20(27)16-4-2-14(22)12-17(16)23;/h2-5,12-13H,6-11H2,1H3;1H. The maximum atomic E-state index is 14.3. The summed E-state index contributed by atoms with van der Waals surface area (Å²) in [7, 11) is 0. The highest BCUT2D eigenvalue weighted by molar-refractivity contribution is 7.98. The molecule has 2 heterocycles. The molecule has 1 amide bonds. The summed E-state index contributed by atoms with van der Waals surface area (Å²) >= 11 is 3.03. The van der Waals surface area contributed by atoms with E-state index >= 15 is 0 Å². The monoisotopic (exact) mass is 485 g/mol. The van der Waals surface area contributed by atoms with E-state index in [4.69, 9.17) is 4.74 Å². The summed E-state index contributed by atoms with van der Waals surface area (Å²) in [6, 6.07) is 8.95. The Hall–Kier alpha value is -1.78. The first-order chi connectivity index (χ1) is 14.5. The smallest absolute Gasteiger partial charge is 0.263 e. The highest BCUT2D eigenvalue weighted by Gasteiger charge is 2.25. The van der Waals surface area contributed by atoms with Gasteiger partial charge in [-0.15, -0.1) is 24.2 Å². The minimum absolute atomic E-state index is 0. The summed E-state index contributed by atoms with van der Waals surface area (Å²) in [6.07, 6.45) is 2.00. The molecule has 5 nitrogen and oxygen atoms in total. The molecule has 1 saturated heterocycles. The number of carbonyl (C=O) groups is 1. The summed E-state index contributed by atoms with van der Waals surface area (Å²) < 4.78 is 34.0. The molecule has 1 aliphatic rings. The molecular weight excluding hydrogens is 464 g/mol. The Bertz CT molecular complexity index is 1060. The Labute approximate surface area is 193 Å². The number of anilines is 1. The Kier molecular flexibility index (Phi) is 8.23. The van der Waals surface area contributed by atoms with E-state index in [9.17, 15) is 13.6 Å². The average Bonchev–Trinajstić information content (AvgIpc) is 3.17. The second-order valence-electron chi connectivity index (χ2n) is 6.87. The number of aromatic nitrogens is 1. The van der Waals surface area contributed by atoms with Crippen LogP contribution in [0.1, 0.15) is 10.4 Å². The first kappa shape index (κ1) is 23.9. The van der Waals surface area contributed by atoms with Gasteiger partial charge in [0.15, 0.2) is 5.13 Å². The molecular formula is C21H22ClF2N3O2S2. The van der Waals surface area contributed by atoms with Crippen LogP contribution in [0.4, 0.5) is 13.9 Å². The molecule has 0 N–H and O–H groups in total. The molecule has 0 unspecified atom stereocenters. The maximum absolute atomic E-state index is 14.3. The van der Waals surface area contributed by atoms with Gasteiger partial charge in [-0.2, -0.15) is 0 Å². The van der Waals surface area contributed by atoms with E-state index in [0.717, 1.165) is 40.3 Å². The van der Waals surface area contributed by atoms with E-state index in [1.54, 1.807) is 11.8 Å². The molecule has 0 atom stereocenters. The molecule has 1 aliphatic heterocycles. The maximum Gasteiger partial charge on any atom is 0.263 e. The molecule has 10 heteroatoms. The lowest BCUT2D eigenvalue weighted by Gasteiger charge is -2.29. The molecule has 0 spiro atoms. The third kappa shape index (κ3) is 5.53. The normalized spacial score (nSPS) is 14.4. The van der Waals surface area contributed by atoms with Crippen molar-refractivity contribution >= 4 is 56.8 Å². The van der Waals surface area contributed by atoms with E-state index in [1.165, 1.54) is 22.3 Å². The van der Waals surface area contributed by atoms with Crippen molar-refractivity contribution in [1.82, 2.24) is 9.88 Å². The fourth-order valence-electron chi connectivity index (χ4n) is 3.29. The van der Waals surface area contributed by atoms with Gasteiger partial charge in [0.25, 0.3) is 5.91 Å². The molecule has 1 fully saturated rings. The number of fused-ring (bicyclic) bond motifs is 1. The number of ether oxygens (including phenoxy) is 1. The lowest BCUT2D eigenvalue weighted by molar-refractivity contribution is 0.0391. The zero-order valence-corrected chi connectivity index (χ0v) is 19.3. The summed E-state index contributed by atoms with van der Waals surface area (Å²) in [4.78, 5) is 22.7. The van der Waals surface area contributed by atoms with E-state index in [0.29, 0.717) is 31.4 Å². The number of nitrogens with zero attached hydrogens (tertiary/aromatic N) is 3. The van der Waals surface area contributed by atoms with Gasteiger partial charge in [0.1, 0.15) is 11.6 Å². The van der Waals surface area contributed by atoms with Crippen molar-refractivity contribution in [3.05, 3.63) is 53.6 Å². The summed E-state index contributed by atoms with van der Waals surface area (Å²) in [5, 5.41) is 0.505. The Morgan fingerprint density at radius 2 is 2.00 bits per heavy atom. The van der Waals surface area contributed by atoms with Gasteiger partial charge in [-0.05, 0) is 36.6 Å². The number of rotatable bonds is 6. The zero-order chi connectivity index (χ0) is 21.1. The lowest BCUT2D eigenvalue weighted by Crippen LogP contribution is -2.43. The van der Waals surface area contributed by atoms with Crippen LogP contribution in [0.15, 0.2) is 41.3 Å². The van der Waals surface area contributed by atoms with Gasteiger partial charge >= 0.3 is 0 Å².